The number of hydrogen-bond acceptors (Lipinski definition) is 6. The Morgan fingerprint density at radius 3 is 2.38 bits per heavy atom. The molecule has 0 radical (unpaired) electrons. The molecule has 0 heterocycles. The summed E-state index contributed by atoms with van der Waals surface area (Å²) in [5.41, 5.74) is -0.324. The Balaban J connectivity index is 3.33. The molecule has 0 amide bonds. The van der Waals surface area contributed by atoms with Gasteiger partial charge < -0.3 is 9.47 Å². The average molecular weight is 319 g/mol. The van der Waals surface area contributed by atoms with E-state index < -0.39 is 39.2 Å². The van der Waals surface area contributed by atoms with Crippen LogP contribution in [0.1, 0.15) is 10.4 Å². The van der Waals surface area contributed by atoms with E-state index >= 15 is 0 Å². The molecule has 1 aromatic carbocycles. The van der Waals surface area contributed by atoms with Crippen LogP contribution >= 0.6 is 0 Å². The molecule has 0 saturated heterocycles. The van der Waals surface area contributed by atoms with E-state index in [-0.39, 0.29) is 5.56 Å². The zero-order valence-electron chi connectivity index (χ0n) is 11.6. The Bertz CT molecular complexity index is 658. The van der Waals surface area contributed by atoms with Crippen molar-refractivity contribution in [1.29, 1.82) is 0 Å². The van der Waals surface area contributed by atoms with Crippen molar-refractivity contribution in [2.75, 3.05) is 27.8 Å². The molecule has 1 rings (SSSR count). The second-order valence-electron chi connectivity index (χ2n) is 3.97. The molecule has 116 valence electrons. The Labute approximate surface area is 121 Å². The largest absolute Gasteiger partial charge is 0.468 e. The van der Waals surface area contributed by atoms with Crippen LogP contribution in [0.3, 0.4) is 0 Å². The van der Waals surface area contributed by atoms with Gasteiger partial charge in [0.15, 0.2) is 0 Å². The number of carbonyl (C=O) groups excluding carboxylic acids is 2. The summed E-state index contributed by atoms with van der Waals surface area (Å²) in [7, 11) is -0.980. The van der Waals surface area contributed by atoms with E-state index in [1.165, 1.54) is 0 Å². The molecule has 0 aliphatic rings. The van der Waals surface area contributed by atoms with Crippen LogP contribution in [0.15, 0.2) is 23.1 Å². The smallest absolute Gasteiger partial charge is 0.339 e. The monoisotopic (exact) mass is 319 g/mol. The standard InChI is InChI=1S/C12H14FNO6S/c1-14(7-11(15)19-2)21(17,18)10-6-8(13)4-5-9(10)12(16)20-3/h4-6H,7H2,1-3H3. The van der Waals surface area contributed by atoms with Crippen LogP contribution in [0.4, 0.5) is 4.39 Å². The highest BCUT2D eigenvalue weighted by Gasteiger charge is 2.29. The zero-order valence-corrected chi connectivity index (χ0v) is 12.4. The number of sulfonamides is 1. The second kappa shape index (κ2) is 6.64. The highest BCUT2D eigenvalue weighted by molar-refractivity contribution is 7.89. The quantitative estimate of drug-likeness (QED) is 0.730. The molecule has 21 heavy (non-hydrogen) atoms. The van der Waals surface area contributed by atoms with E-state index in [9.17, 15) is 22.4 Å². The van der Waals surface area contributed by atoms with Crippen molar-refractivity contribution in [2.24, 2.45) is 0 Å². The SMILES string of the molecule is COC(=O)CN(C)S(=O)(=O)c1cc(F)ccc1C(=O)OC. The van der Waals surface area contributed by atoms with E-state index in [1.54, 1.807) is 0 Å². The van der Waals surface area contributed by atoms with Crippen LogP contribution in [0, 0.1) is 5.82 Å². The molecule has 0 aliphatic carbocycles. The predicted octanol–water partition coefficient (Wildman–Crippen LogP) is 0.406. The van der Waals surface area contributed by atoms with Crippen molar-refractivity contribution in [3.05, 3.63) is 29.6 Å². The summed E-state index contributed by atoms with van der Waals surface area (Å²) in [4.78, 5) is 22.1. The maximum absolute atomic E-state index is 13.3. The lowest BCUT2D eigenvalue weighted by atomic mass is 10.2. The first-order valence-corrected chi connectivity index (χ1v) is 7.09. The minimum absolute atomic E-state index is 0.324. The van der Waals surface area contributed by atoms with E-state index in [4.69, 9.17) is 0 Å². The maximum atomic E-state index is 13.3. The Morgan fingerprint density at radius 1 is 1.24 bits per heavy atom. The molecule has 0 atom stereocenters. The highest BCUT2D eigenvalue weighted by Crippen LogP contribution is 2.21. The first kappa shape index (κ1) is 17.1. The van der Waals surface area contributed by atoms with Gasteiger partial charge in [-0.25, -0.2) is 17.6 Å². The minimum Gasteiger partial charge on any atom is -0.468 e. The van der Waals surface area contributed by atoms with Crippen LogP contribution in [0.25, 0.3) is 0 Å². The number of benzene rings is 1. The third-order valence-corrected chi connectivity index (χ3v) is 4.46. The molecule has 7 nitrogen and oxygen atoms in total. The van der Waals surface area contributed by atoms with E-state index in [0.29, 0.717) is 10.4 Å². The lowest BCUT2D eigenvalue weighted by Crippen LogP contribution is -2.33. The fraction of sp³-hybridized carbons (Fsp3) is 0.333. The van der Waals surface area contributed by atoms with E-state index in [2.05, 4.69) is 9.47 Å². The number of esters is 2. The average Bonchev–Trinajstić information content (AvgIpc) is 2.45. The molecule has 1 aromatic rings. The normalized spacial score (nSPS) is 11.3. The van der Waals surface area contributed by atoms with Crippen LogP contribution in [-0.2, 0) is 24.3 Å². The van der Waals surface area contributed by atoms with Crippen LogP contribution in [0.2, 0.25) is 0 Å². The van der Waals surface area contributed by atoms with Gasteiger partial charge in [-0.15, -0.1) is 0 Å². The van der Waals surface area contributed by atoms with Crippen LogP contribution in [-0.4, -0.2) is 52.5 Å². The Hall–Kier alpha value is -2.00. The molecule has 0 saturated carbocycles. The fourth-order valence-corrected chi connectivity index (χ4v) is 2.79. The summed E-state index contributed by atoms with van der Waals surface area (Å²) < 4.78 is 47.4. The zero-order chi connectivity index (χ0) is 16.2. The number of hydrogen-bond donors (Lipinski definition) is 0. The van der Waals surface area contributed by atoms with Crippen molar-refractivity contribution < 1.29 is 31.9 Å². The number of carbonyl (C=O) groups is 2. The Morgan fingerprint density at radius 2 is 1.86 bits per heavy atom. The molecule has 0 fully saturated rings. The van der Waals surface area contributed by atoms with Gasteiger partial charge in [-0.3, -0.25) is 4.79 Å². The predicted molar refractivity (Wildman–Crippen MR) is 69.6 cm³/mol. The first-order chi connectivity index (χ1) is 9.73. The van der Waals surface area contributed by atoms with Crippen molar-refractivity contribution in [1.82, 2.24) is 4.31 Å². The number of nitrogens with zero attached hydrogens (tertiary/aromatic N) is 1. The van der Waals surface area contributed by atoms with Gasteiger partial charge in [0.25, 0.3) is 0 Å². The number of likely N-dealkylation sites (N-methyl/N-ethyl adjacent to an activating group) is 1. The minimum atomic E-state index is -4.26. The van der Waals surface area contributed by atoms with Crippen molar-refractivity contribution >= 4 is 22.0 Å². The summed E-state index contributed by atoms with van der Waals surface area (Å²) in [6.07, 6.45) is 0. The maximum Gasteiger partial charge on any atom is 0.339 e. The van der Waals surface area contributed by atoms with Gasteiger partial charge in [0.2, 0.25) is 10.0 Å². The Kier molecular flexibility index (Phi) is 5.39. The molecule has 0 spiro atoms. The molecule has 0 unspecified atom stereocenters. The summed E-state index contributed by atoms with van der Waals surface area (Å²) >= 11 is 0. The molecule has 0 bridgehead atoms. The topological polar surface area (TPSA) is 90.0 Å². The van der Waals surface area contributed by atoms with Gasteiger partial charge in [-0.1, -0.05) is 0 Å². The van der Waals surface area contributed by atoms with Gasteiger partial charge in [0, 0.05) is 7.05 Å². The van der Waals surface area contributed by atoms with Crippen molar-refractivity contribution in [2.45, 2.75) is 4.90 Å². The van der Waals surface area contributed by atoms with Gasteiger partial charge >= 0.3 is 11.9 Å². The van der Waals surface area contributed by atoms with E-state index in [0.717, 1.165) is 33.4 Å². The van der Waals surface area contributed by atoms with Gasteiger partial charge in [-0.2, -0.15) is 4.31 Å². The van der Waals surface area contributed by atoms with Crippen molar-refractivity contribution in [3.63, 3.8) is 0 Å². The lowest BCUT2D eigenvalue weighted by molar-refractivity contribution is -0.140. The molecule has 0 aliphatic heterocycles. The van der Waals surface area contributed by atoms with Gasteiger partial charge in [-0.05, 0) is 18.2 Å². The van der Waals surface area contributed by atoms with Crippen LogP contribution < -0.4 is 0 Å². The summed E-state index contributed by atoms with van der Waals surface area (Å²) in [5.74, 6) is -2.56. The highest BCUT2D eigenvalue weighted by atomic mass is 32.2. The summed E-state index contributed by atoms with van der Waals surface area (Å²) in [6.45, 7) is -0.573. The molecule has 9 heteroatoms. The molecular weight excluding hydrogens is 305 g/mol. The lowest BCUT2D eigenvalue weighted by Gasteiger charge is -2.17. The molecule has 0 aromatic heterocycles. The van der Waals surface area contributed by atoms with Gasteiger partial charge in [0.05, 0.1) is 24.7 Å². The van der Waals surface area contributed by atoms with Crippen LogP contribution in [0.5, 0.6) is 0 Å². The number of rotatable bonds is 5. The summed E-state index contributed by atoms with van der Waals surface area (Å²) in [6, 6.07) is 2.63. The second-order valence-corrected chi connectivity index (χ2v) is 5.98. The third kappa shape index (κ3) is 3.76. The fourth-order valence-electron chi connectivity index (χ4n) is 1.49. The molecule has 0 N–H and O–H groups in total. The third-order valence-electron chi connectivity index (χ3n) is 2.62. The summed E-state index contributed by atoms with van der Waals surface area (Å²) in [5, 5.41) is 0. The number of halogens is 1. The van der Waals surface area contributed by atoms with Crippen molar-refractivity contribution in [3.8, 4) is 0 Å². The molecular formula is C12H14FNO6S. The first-order valence-electron chi connectivity index (χ1n) is 5.65. The number of ether oxygens (including phenoxy) is 2. The van der Waals surface area contributed by atoms with Gasteiger partial charge in [0.1, 0.15) is 12.4 Å². The number of methoxy groups -OCH3 is 2. The van der Waals surface area contributed by atoms with E-state index in [1.807, 2.05) is 0 Å².